The van der Waals surface area contributed by atoms with Crippen molar-refractivity contribution in [1.82, 2.24) is 4.98 Å². The molecule has 2 aromatic carbocycles. The molecule has 0 fully saturated rings. The average molecular weight is 436 g/mol. The summed E-state index contributed by atoms with van der Waals surface area (Å²) in [6.07, 6.45) is 0.861. The Balaban J connectivity index is 1.66. The van der Waals surface area contributed by atoms with E-state index >= 15 is 0 Å². The fraction of sp³-hybridized carbons (Fsp3) is 0.308. The van der Waals surface area contributed by atoms with Crippen molar-refractivity contribution in [2.75, 3.05) is 20.8 Å². The molecule has 0 amide bonds. The minimum atomic E-state index is -1.35. The molecule has 3 aromatic rings. The normalized spacial score (nSPS) is 11.2. The van der Waals surface area contributed by atoms with Crippen molar-refractivity contribution in [1.29, 1.82) is 0 Å². The number of hydrogen-bond donors (Lipinski definition) is 1. The summed E-state index contributed by atoms with van der Waals surface area (Å²) >= 11 is 0. The Hall–Kier alpha value is -3.38. The first-order valence-corrected chi connectivity index (χ1v) is 10.5. The van der Waals surface area contributed by atoms with Gasteiger partial charge < -0.3 is 19.3 Å². The Bertz CT molecular complexity index is 1070. The molecule has 1 aromatic heterocycles. The Morgan fingerprint density at radius 3 is 2.41 bits per heavy atom. The van der Waals surface area contributed by atoms with Gasteiger partial charge in [0.15, 0.2) is 17.3 Å². The monoisotopic (exact) mass is 435 g/mol. The SMILES string of the molecule is COc1ccc(CCOc2cccc(-c3cccc(CC(=O)C(C)(C)O)c3)n2)cc1OC. The molecule has 6 nitrogen and oxygen atoms in total. The van der Waals surface area contributed by atoms with Gasteiger partial charge in [0.05, 0.1) is 26.5 Å². The zero-order valence-corrected chi connectivity index (χ0v) is 18.9. The molecule has 3 rings (SSSR count). The van der Waals surface area contributed by atoms with Crippen molar-refractivity contribution >= 4 is 5.78 Å². The standard InChI is InChI=1S/C26H29NO5/c1-26(2,29)24(28)17-19-7-5-8-20(15-19)21-9-6-10-25(27-21)32-14-13-18-11-12-22(30-3)23(16-18)31-4/h5-12,15-16,29H,13-14,17H2,1-4H3. The lowest BCUT2D eigenvalue weighted by Gasteiger charge is -2.15. The van der Waals surface area contributed by atoms with Gasteiger partial charge in [-0.15, -0.1) is 0 Å². The number of carbonyl (C=O) groups excluding carboxylic acids is 1. The largest absolute Gasteiger partial charge is 0.493 e. The van der Waals surface area contributed by atoms with Gasteiger partial charge in [-0.2, -0.15) is 0 Å². The summed E-state index contributed by atoms with van der Waals surface area (Å²) in [7, 11) is 3.23. The number of ether oxygens (including phenoxy) is 3. The third kappa shape index (κ3) is 6.08. The molecule has 0 bridgehead atoms. The van der Waals surface area contributed by atoms with Gasteiger partial charge in [-0.3, -0.25) is 4.79 Å². The van der Waals surface area contributed by atoms with Crippen molar-refractivity contribution in [3.8, 4) is 28.6 Å². The molecule has 0 saturated carbocycles. The number of aromatic nitrogens is 1. The van der Waals surface area contributed by atoms with Gasteiger partial charge in [0.25, 0.3) is 0 Å². The van der Waals surface area contributed by atoms with Crippen LogP contribution in [0.25, 0.3) is 11.3 Å². The summed E-state index contributed by atoms with van der Waals surface area (Å²) in [5, 5.41) is 9.90. The first kappa shape index (κ1) is 23.3. The average Bonchev–Trinajstić information content (AvgIpc) is 2.78. The molecule has 1 heterocycles. The zero-order valence-electron chi connectivity index (χ0n) is 18.9. The van der Waals surface area contributed by atoms with Crippen LogP contribution < -0.4 is 14.2 Å². The minimum Gasteiger partial charge on any atom is -0.493 e. The number of methoxy groups -OCH3 is 2. The Morgan fingerprint density at radius 1 is 0.938 bits per heavy atom. The van der Waals surface area contributed by atoms with Crippen LogP contribution in [-0.4, -0.2) is 42.3 Å². The van der Waals surface area contributed by atoms with Gasteiger partial charge in [0.2, 0.25) is 5.88 Å². The van der Waals surface area contributed by atoms with Gasteiger partial charge in [-0.25, -0.2) is 4.98 Å². The number of pyridine rings is 1. The maximum atomic E-state index is 12.1. The highest BCUT2D eigenvalue weighted by atomic mass is 16.5. The predicted octanol–water partition coefficient (Wildman–Crippen LogP) is 4.27. The Labute approximate surface area is 188 Å². The van der Waals surface area contributed by atoms with E-state index in [1.807, 2.05) is 60.7 Å². The van der Waals surface area contributed by atoms with Crippen molar-refractivity contribution in [3.63, 3.8) is 0 Å². The van der Waals surface area contributed by atoms with Gasteiger partial charge in [-0.05, 0) is 49.2 Å². The predicted molar refractivity (Wildman–Crippen MR) is 123 cm³/mol. The van der Waals surface area contributed by atoms with Crippen molar-refractivity contribution in [2.45, 2.75) is 32.3 Å². The van der Waals surface area contributed by atoms with Crippen LogP contribution in [-0.2, 0) is 17.6 Å². The zero-order chi connectivity index (χ0) is 23.1. The van der Waals surface area contributed by atoms with Crippen LogP contribution >= 0.6 is 0 Å². The number of ketones is 1. The second-order valence-corrected chi connectivity index (χ2v) is 8.01. The third-order valence-corrected chi connectivity index (χ3v) is 5.08. The molecule has 1 N–H and O–H groups in total. The van der Waals surface area contributed by atoms with Gasteiger partial charge in [-0.1, -0.05) is 30.3 Å². The van der Waals surface area contributed by atoms with Crippen LogP contribution in [0.4, 0.5) is 0 Å². The number of rotatable bonds is 10. The molecule has 6 heteroatoms. The van der Waals surface area contributed by atoms with E-state index in [1.54, 1.807) is 14.2 Å². The summed E-state index contributed by atoms with van der Waals surface area (Å²) < 4.78 is 16.5. The molecule has 168 valence electrons. The summed E-state index contributed by atoms with van der Waals surface area (Å²) in [6, 6.07) is 19.0. The lowest BCUT2D eigenvalue weighted by atomic mass is 9.96. The number of nitrogens with zero attached hydrogens (tertiary/aromatic N) is 1. The van der Waals surface area contributed by atoms with Crippen molar-refractivity contribution in [2.24, 2.45) is 0 Å². The molecule has 0 aliphatic carbocycles. The first-order chi connectivity index (χ1) is 15.3. The molecular weight excluding hydrogens is 406 g/mol. The van der Waals surface area contributed by atoms with Gasteiger partial charge >= 0.3 is 0 Å². The second-order valence-electron chi connectivity index (χ2n) is 8.01. The number of hydrogen-bond acceptors (Lipinski definition) is 6. The summed E-state index contributed by atoms with van der Waals surface area (Å²) in [6.45, 7) is 3.47. The smallest absolute Gasteiger partial charge is 0.213 e. The highest BCUT2D eigenvalue weighted by molar-refractivity contribution is 5.88. The quantitative estimate of drug-likeness (QED) is 0.512. The molecule has 0 unspecified atom stereocenters. The first-order valence-electron chi connectivity index (χ1n) is 10.5. The third-order valence-electron chi connectivity index (χ3n) is 5.08. The second kappa shape index (κ2) is 10.3. The number of carbonyl (C=O) groups is 1. The summed E-state index contributed by atoms with van der Waals surface area (Å²) in [5.41, 5.74) is 2.19. The highest BCUT2D eigenvalue weighted by Gasteiger charge is 2.23. The summed E-state index contributed by atoms with van der Waals surface area (Å²) in [4.78, 5) is 16.7. The lowest BCUT2D eigenvalue weighted by Crippen LogP contribution is -2.32. The fourth-order valence-electron chi connectivity index (χ4n) is 3.21. The summed E-state index contributed by atoms with van der Waals surface area (Å²) in [5.74, 6) is 1.68. The van der Waals surface area contributed by atoms with Crippen LogP contribution in [0.2, 0.25) is 0 Å². The Kier molecular flexibility index (Phi) is 7.49. The van der Waals surface area contributed by atoms with Gasteiger partial charge in [0.1, 0.15) is 5.60 Å². The molecule has 0 aliphatic rings. The number of benzene rings is 2. The van der Waals surface area contributed by atoms with Gasteiger partial charge in [0, 0.05) is 24.5 Å². The minimum absolute atomic E-state index is 0.166. The molecule has 0 saturated heterocycles. The number of aliphatic hydroxyl groups is 1. The van der Waals surface area contributed by atoms with Crippen LogP contribution in [0.3, 0.4) is 0 Å². The van der Waals surface area contributed by atoms with Crippen molar-refractivity contribution in [3.05, 3.63) is 71.8 Å². The van der Waals surface area contributed by atoms with Crippen LogP contribution in [0.5, 0.6) is 17.4 Å². The van der Waals surface area contributed by atoms with E-state index in [0.29, 0.717) is 30.4 Å². The van der Waals surface area contributed by atoms with Crippen LogP contribution in [0, 0.1) is 0 Å². The molecular formula is C26H29NO5. The topological polar surface area (TPSA) is 77.9 Å². The maximum absolute atomic E-state index is 12.1. The van der Waals surface area contributed by atoms with E-state index in [1.165, 1.54) is 13.8 Å². The van der Waals surface area contributed by atoms with E-state index < -0.39 is 5.60 Å². The van der Waals surface area contributed by atoms with E-state index in [0.717, 1.165) is 22.4 Å². The lowest BCUT2D eigenvalue weighted by molar-refractivity contribution is -0.133. The maximum Gasteiger partial charge on any atom is 0.213 e. The Morgan fingerprint density at radius 2 is 1.69 bits per heavy atom. The fourth-order valence-corrected chi connectivity index (χ4v) is 3.21. The molecule has 0 radical (unpaired) electrons. The van der Waals surface area contributed by atoms with Crippen LogP contribution in [0.15, 0.2) is 60.7 Å². The molecule has 0 atom stereocenters. The highest BCUT2D eigenvalue weighted by Crippen LogP contribution is 2.28. The van der Waals surface area contributed by atoms with Crippen LogP contribution in [0.1, 0.15) is 25.0 Å². The molecule has 0 spiro atoms. The van der Waals surface area contributed by atoms with Crippen molar-refractivity contribution < 1.29 is 24.1 Å². The molecule has 0 aliphatic heterocycles. The number of Topliss-reactive ketones (excluding diaryl/α,β-unsaturated/α-hetero) is 1. The molecule has 32 heavy (non-hydrogen) atoms. The van der Waals surface area contributed by atoms with E-state index in [4.69, 9.17) is 14.2 Å². The van der Waals surface area contributed by atoms with E-state index in [9.17, 15) is 9.90 Å². The van der Waals surface area contributed by atoms with E-state index in [2.05, 4.69) is 4.98 Å². The van der Waals surface area contributed by atoms with E-state index in [-0.39, 0.29) is 12.2 Å².